The van der Waals surface area contributed by atoms with E-state index in [1.54, 1.807) is 38.2 Å². The van der Waals surface area contributed by atoms with Crippen LogP contribution in [-0.2, 0) is 52.1 Å². The normalized spacial score (nSPS) is 33.1. The Labute approximate surface area is 379 Å². The van der Waals surface area contributed by atoms with Gasteiger partial charge in [-0.25, -0.2) is 0 Å². The first-order chi connectivity index (χ1) is 31.2. The molecule has 3 aromatic rings. The van der Waals surface area contributed by atoms with Crippen molar-refractivity contribution in [2.24, 2.45) is 5.92 Å². The van der Waals surface area contributed by atoms with E-state index in [1.807, 2.05) is 30.3 Å². The number of aliphatic hydroxyl groups excluding tert-OH is 9. The molecular formula is C44H56N4O17Si. The molecule has 4 aliphatic rings. The van der Waals surface area contributed by atoms with Crippen molar-refractivity contribution in [1.29, 1.82) is 0 Å². The number of rotatable bonds is 13. The highest BCUT2D eigenvalue weighted by Gasteiger charge is 2.66. The molecule has 4 aliphatic heterocycles. The van der Waals surface area contributed by atoms with Crippen LogP contribution in [0, 0.1) is 5.92 Å². The molecule has 66 heavy (non-hydrogen) atoms. The number of carbonyl (C=O) groups excluding carboxylic acids is 4. The Bertz CT molecular complexity index is 2250. The Kier molecular flexibility index (Phi) is 14.5. The average molecular weight is 941 g/mol. The summed E-state index contributed by atoms with van der Waals surface area (Å²) in [5.74, 6) is -3.66. The lowest BCUT2D eigenvalue weighted by Gasteiger charge is -2.37. The second kappa shape index (κ2) is 19.5. The molecule has 14 atom stereocenters. The van der Waals surface area contributed by atoms with Gasteiger partial charge in [-0.3, -0.25) is 19.2 Å². The molecule has 3 aromatic carbocycles. The highest BCUT2D eigenvalue weighted by atomic mass is 28.4. The maximum absolute atomic E-state index is 15.2. The van der Waals surface area contributed by atoms with E-state index in [-0.39, 0.29) is 49.6 Å². The summed E-state index contributed by atoms with van der Waals surface area (Å²) in [5, 5.41) is 95.9. The lowest BCUT2D eigenvalue weighted by molar-refractivity contribution is -0.274. The molecule has 0 aromatic heterocycles. The molecule has 1 spiro atoms. The monoisotopic (exact) mass is 940 g/mol. The first kappa shape index (κ1) is 49.1. The lowest BCUT2D eigenvalue weighted by Crippen LogP contribution is -2.60. The van der Waals surface area contributed by atoms with E-state index in [9.17, 15) is 65.1 Å². The Balaban J connectivity index is 1.20. The molecule has 0 aliphatic carbocycles. The molecule has 21 nitrogen and oxygen atoms in total. The zero-order chi connectivity index (χ0) is 48.0. The van der Waals surface area contributed by atoms with Crippen LogP contribution >= 0.6 is 0 Å². The Morgan fingerprint density at radius 2 is 1.29 bits per heavy atom. The lowest BCUT2D eigenvalue weighted by atomic mass is 9.82. The number of anilines is 3. The van der Waals surface area contributed by atoms with Crippen LogP contribution in [0.2, 0.25) is 18.6 Å². The number of hydrogen-bond donors (Lipinski definition) is 12. The first-order valence-corrected chi connectivity index (χ1v) is 24.5. The summed E-state index contributed by atoms with van der Waals surface area (Å²) in [4.78, 5) is 70.6. The van der Waals surface area contributed by atoms with E-state index in [0.717, 1.165) is 5.56 Å². The third-order valence-electron chi connectivity index (χ3n) is 12.8. The smallest absolute Gasteiger partial charge is 0.264 e. The molecule has 4 heterocycles. The number of ether oxygens (including phenoxy) is 3. The number of hydrogen-bond acceptors (Lipinski definition) is 17. The van der Waals surface area contributed by atoms with Gasteiger partial charge >= 0.3 is 0 Å². The van der Waals surface area contributed by atoms with Gasteiger partial charge in [0.25, 0.3) is 17.7 Å². The van der Waals surface area contributed by atoms with Crippen LogP contribution in [0.1, 0.15) is 30.0 Å². The number of amides is 4. The zero-order valence-electron chi connectivity index (χ0n) is 36.2. The highest BCUT2D eigenvalue weighted by molar-refractivity contribution is 6.71. The highest BCUT2D eigenvalue weighted by Crippen LogP contribution is 2.60. The number of nitrogens with one attached hydrogen (secondary N) is 2. The second-order valence-corrected chi connectivity index (χ2v) is 21.7. The molecule has 3 fully saturated rings. The topological polar surface area (TPSA) is 329 Å². The molecular weight excluding hydrogens is 885 g/mol. The molecule has 358 valence electrons. The van der Waals surface area contributed by atoms with Crippen molar-refractivity contribution in [3.63, 3.8) is 0 Å². The minimum Gasteiger partial charge on any atom is -0.432 e. The average Bonchev–Trinajstić information content (AvgIpc) is 3.70. The van der Waals surface area contributed by atoms with Crippen molar-refractivity contribution >= 4 is 49.0 Å². The van der Waals surface area contributed by atoms with E-state index in [0.29, 0.717) is 11.3 Å². The van der Waals surface area contributed by atoms with Gasteiger partial charge in [-0.15, -0.1) is 0 Å². The van der Waals surface area contributed by atoms with Crippen LogP contribution in [0.3, 0.4) is 0 Å². The maximum Gasteiger partial charge on any atom is 0.264 e. The first-order valence-electron chi connectivity index (χ1n) is 21.4. The van der Waals surface area contributed by atoms with Crippen LogP contribution in [-0.4, -0.2) is 168 Å². The molecule has 0 radical (unpaired) electrons. The number of carbonyl (C=O) groups is 4. The molecule has 0 saturated carbocycles. The van der Waals surface area contributed by atoms with Crippen molar-refractivity contribution in [2.75, 3.05) is 28.7 Å². The Hall–Kier alpha value is -4.76. The summed E-state index contributed by atoms with van der Waals surface area (Å²) in [6, 6.07) is 19.8. The number of benzene rings is 3. The van der Waals surface area contributed by atoms with Gasteiger partial charge in [0.05, 0.1) is 31.4 Å². The fourth-order valence-corrected chi connectivity index (χ4v) is 12.0. The van der Waals surface area contributed by atoms with E-state index in [4.69, 9.17) is 14.2 Å². The van der Waals surface area contributed by atoms with Gasteiger partial charge < -0.3 is 85.4 Å². The summed E-state index contributed by atoms with van der Waals surface area (Å²) in [7, 11) is -3.32. The van der Waals surface area contributed by atoms with Crippen molar-refractivity contribution in [2.45, 2.75) is 118 Å². The minimum atomic E-state index is -3.32. The summed E-state index contributed by atoms with van der Waals surface area (Å²) in [6.07, 6.45) is -20.0. The Morgan fingerprint density at radius 3 is 1.83 bits per heavy atom. The molecule has 22 heteroatoms. The van der Waals surface area contributed by atoms with Crippen molar-refractivity contribution in [1.82, 2.24) is 4.90 Å². The zero-order valence-corrected chi connectivity index (χ0v) is 37.2. The van der Waals surface area contributed by atoms with E-state index in [2.05, 4.69) is 10.6 Å². The van der Waals surface area contributed by atoms with E-state index < -0.39 is 117 Å². The summed E-state index contributed by atoms with van der Waals surface area (Å²) in [6.45, 7) is 4.89. The molecule has 4 amide bonds. The van der Waals surface area contributed by atoms with Crippen molar-refractivity contribution < 1.29 is 84.1 Å². The van der Waals surface area contributed by atoms with Gasteiger partial charge in [-0.1, -0.05) is 49.4 Å². The maximum atomic E-state index is 15.2. The SMILES string of the molecule is C[C@@H]1[C@@H]([Si](C)(C)O)[C@H](CC(=O)N(CCO)Cc2ccccc2)O[C@@]12C(=O)N(Cc1ccc(NC(=O)[C@H]3O[C@@H](O)[C@H](O)[C@@H](O)[C@@H]3O)cc1)c1ccc(NC(=O)[C@H]3O[C@@H](O)[C@H](O)[C@@H](O)[C@@H]3O)cc12. The number of fused-ring (bicyclic) bond motifs is 2. The van der Waals surface area contributed by atoms with E-state index >= 15 is 4.79 Å². The van der Waals surface area contributed by atoms with Gasteiger partial charge in [0.2, 0.25) is 5.91 Å². The summed E-state index contributed by atoms with van der Waals surface area (Å²) < 4.78 is 17.0. The van der Waals surface area contributed by atoms with Crippen LogP contribution in [0.4, 0.5) is 17.1 Å². The fraction of sp³-hybridized carbons (Fsp3) is 0.500. The number of nitrogens with zero attached hydrogens (tertiary/aromatic N) is 2. The molecule has 7 rings (SSSR count). The molecule has 12 N–H and O–H groups in total. The van der Waals surface area contributed by atoms with Crippen LogP contribution in [0.25, 0.3) is 0 Å². The van der Waals surface area contributed by atoms with Crippen LogP contribution in [0.5, 0.6) is 0 Å². The molecule has 0 bridgehead atoms. The van der Waals surface area contributed by atoms with Crippen LogP contribution in [0.15, 0.2) is 72.8 Å². The van der Waals surface area contributed by atoms with Crippen molar-refractivity contribution in [3.05, 3.63) is 89.5 Å². The fourth-order valence-electron chi connectivity index (χ4n) is 9.49. The Morgan fingerprint density at radius 1 is 0.742 bits per heavy atom. The van der Waals surface area contributed by atoms with Gasteiger partial charge in [0.15, 0.2) is 38.7 Å². The van der Waals surface area contributed by atoms with E-state index in [1.165, 1.54) is 34.1 Å². The number of aliphatic hydroxyl groups is 9. The largest absolute Gasteiger partial charge is 0.432 e. The second-order valence-electron chi connectivity index (χ2n) is 17.7. The minimum absolute atomic E-state index is 0.00590. The predicted octanol–water partition coefficient (Wildman–Crippen LogP) is -2.08. The third-order valence-corrected chi connectivity index (χ3v) is 15.3. The predicted molar refractivity (Wildman–Crippen MR) is 232 cm³/mol. The van der Waals surface area contributed by atoms with Gasteiger partial charge in [0, 0.05) is 41.5 Å². The van der Waals surface area contributed by atoms with Crippen molar-refractivity contribution in [3.8, 4) is 0 Å². The van der Waals surface area contributed by atoms with Crippen LogP contribution < -0.4 is 15.5 Å². The summed E-state index contributed by atoms with van der Waals surface area (Å²) in [5.41, 5.74) is -0.335. The molecule has 3 saturated heterocycles. The van der Waals surface area contributed by atoms with Gasteiger partial charge in [0.1, 0.15) is 36.6 Å². The quantitative estimate of drug-likeness (QED) is 0.0819. The third kappa shape index (κ3) is 9.39. The van der Waals surface area contributed by atoms with Gasteiger partial charge in [-0.05, 0) is 54.6 Å². The molecule has 0 unspecified atom stereocenters. The van der Waals surface area contributed by atoms with Gasteiger partial charge in [-0.2, -0.15) is 0 Å². The standard InChI is InChI=1S/C44H56N4O17Si/c1-21-38(66(2,3)62)28(18-29(50)47(15-16-49)19-22-7-5-4-6-8-22)65-44(21)26-17-25(46-40(58)37-33(54)31(52)35(56)42(60)64-37)13-14-27(26)48(43(44)61)20-23-9-11-24(12-10-23)45-39(57)36-32(53)30(51)34(55)41(59)63-36/h4-14,17,21,28,30-38,41-42,49,51-56,59-60,62H,15-16,18-20H2,1-3H3,(H,45,57)(H,46,58)/t21-,28+,30+,31+,32+,33+,34-,35-,36+,37+,38-,41-,42-,44+/m1/s1. The summed E-state index contributed by atoms with van der Waals surface area (Å²) >= 11 is 0.